The Labute approximate surface area is 146 Å². The van der Waals surface area contributed by atoms with Gasteiger partial charge >= 0.3 is 6.03 Å². The van der Waals surface area contributed by atoms with Crippen LogP contribution in [0.15, 0.2) is 24.3 Å². The number of nitrogens with one attached hydrogen (secondary N) is 2. The van der Waals surface area contributed by atoms with Crippen LogP contribution in [0.2, 0.25) is 0 Å². The van der Waals surface area contributed by atoms with Crippen molar-refractivity contribution in [2.45, 2.75) is 44.7 Å². The summed E-state index contributed by atoms with van der Waals surface area (Å²) in [5, 5.41) is 14.3. The van der Waals surface area contributed by atoms with Crippen LogP contribution in [0.1, 0.15) is 36.5 Å². The minimum absolute atomic E-state index is 0.000916. The Hall–Kier alpha value is -2.57. The van der Waals surface area contributed by atoms with Gasteiger partial charge in [-0.3, -0.25) is 0 Å². The monoisotopic (exact) mass is 341 g/mol. The molecule has 2 aliphatic rings. The number of amides is 2. The Morgan fingerprint density at radius 1 is 1.40 bits per heavy atom. The second kappa shape index (κ2) is 6.74. The molecule has 2 amide bonds. The zero-order valence-electron chi connectivity index (χ0n) is 14.4. The highest BCUT2D eigenvalue weighted by Gasteiger charge is 2.29. The quantitative estimate of drug-likeness (QED) is 0.866. The lowest BCUT2D eigenvalue weighted by Gasteiger charge is -2.20. The number of hydrogen-bond acceptors (Lipinski definition) is 4. The summed E-state index contributed by atoms with van der Waals surface area (Å²) in [7, 11) is 0. The van der Waals surface area contributed by atoms with Crippen molar-refractivity contribution in [2.24, 2.45) is 0 Å². The fourth-order valence-electron chi connectivity index (χ4n) is 3.64. The van der Waals surface area contributed by atoms with Gasteiger partial charge in [-0.05, 0) is 19.4 Å². The van der Waals surface area contributed by atoms with Crippen molar-refractivity contribution in [3.8, 4) is 5.75 Å². The van der Waals surface area contributed by atoms with Crippen LogP contribution in [0.4, 0.5) is 4.79 Å². The van der Waals surface area contributed by atoms with Gasteiger partial charge in [0.2, 0.25) is 0 Å². The van der Waals surface area contributed by atoms with E-state index < -0.39 is 0 Å². The summed E-state index contributed by atoms with van der Waals surface area (Å²) in [6.07, 6.45) is 2.84. The molecule has 0 spiro atoms. The molecule has 25 heavy (non-hydrogen) atoms. The molecule has 0 saturated carbocycles. The predicted octanol–water partition coefficient (Wildman–Crippen LogP) is 1.63. The molecule has 0 unspecified atom stereocenters. The van der Waals surface area contributed by atoms with Crippen molar-refractivity contribution in [2.75, 3.05) is 13.2 Å². The smallest absolute Gasteiger partial charge is 0.315 e. The number of fused-ring (bicyclic) bond motifs is 2. The number of aryl methyl sites for hydroxylation is 1. The average Bonchev–Trinajstić information content (AvgIpc) is 3.30. The molecule has 2 aliphatic heterocycles. The lowest BCUT2D eigenvalue weighted by atomic mass is 9.94. The molecular formula is C18H23N5O2. The van der Waals surface area contributed by atoms with Gasteiger partial charge in [0.25, 0.3) is 0 Å². The molecule has 0 bridgehead atoms. The molecule has 2 aromatic rings. The molecule has 0 saturated heterocycles. The van der Waals surface area contributed by atoms with Crippen molar-refractivity contribution in [1.29, 1.82) is 0 Å². The van der Waals surface area contributed by atoms with E-state index in [0.717, 1.165) is 42.3 Å². The summed E-state index contributed by atoms with van der Waals surface area (Å²) in [5.41, 5.74) is 1.16. The van der Waals surface area contributed by atoms with E-state index in [-0.39, 0.29) is 18.0 Å². The van der Waals surface area contributed by atoms with Gasteiger partial charge < -0.3 is 19.9 Å². The van der Waals surface area contributed by atoms with Crippen LogP contribution in [0.5, 0.6) is 5.75 Å². The Morgan fingerprint density at radius 2 is 2.28 bits per heavy atom. The zero-order chi connectivity index (χ0) is 17.2. The molecule has 132 valence electrons. The zero-order valence-corrected chi connectivity index (χ0v) is 14.4. The van der Waals surface area contributed by atoms with E-state index in [1.54, 1.807) is 0 Å². The molecular weight excluding hydrogens is 318 g/mol. The first-order chi connectivity index (χ1) is 12.2. The topological polar surface area (TPSA) is 81.1 Å². The van der Waals surface area contributed by atoms with Crippen LogP contribution in [0, 0.1) is 0 Å². The lowest BCUT2D eigenvalue weighted by Crippen LogP contribution is -2.44. The second-order valence-corrected chi connectivity index (χ2v) is 6.68. The summed E-state index contributed by atoms with van der Waals surface area (Å²) in [6.45, 7) is 4.16. The molecule has 0 radical (unpaired) electrons. The molecule has 2 N–H and O–H groups in total. The molecule has 0 aliphatic carbocycles. The van der Waals surface area contributed by atoms with E-state index >= 15 is 0 Å². The third-order valence-corrected chi connectivity index (χ3v) is 5.02. The van der Waals surface area contributed by atoms with Gasteiger partial charge in [-0.2, -0.15) is 0 Å². The SMILES string of the molecule is C[C@H](NC(=O)NCCc1nnc2n1CCC2)[C@H]1COc2ccccc21. The Bertz CT molecular complexity index is 773. The molecule has 7 nitrogen and oxygen atoms in total. The van der Waals surface area contributed by atoms with E-state index in [1.807, 2.05) is 25.1 Å². The summed E-state index contributed by atoms with van der Waals surface area (Å²) in [5.74, 6) is 3.12. The van der Waals surface area contributed by atoms with Crippen LogP contribution in [-0.4, -0.2) is 40.0 Å². The number of carbonyl (C=O) groups is 1. The lowest BCUT2D eigenvalue weighted by molar-refractivity contribution is 0.233. The number of para-hydroxylation sites is 1. The molecule has 1 aromatic heterocycles. The van der Waals surface area contributed by atoms with Crippen molar-refractivity contribution in [1.82, 2.24) is 25.4 Å². The van der Waals surface area contributed by atoms with Gasteiger partial charge in [0.1, 0.15) is 17.4 Å². The van der Waals surface area contributed by atoms with Gasteiger partial charge in [0.15, 0.2) is 0 Å². The van der Waals surface area contributed by atoms with E-state index in [2.05, 4.69) is 31.5 Å². The molecule has 0 fully saturated rings. The third-order valence-electron chi connectivity index (χ3n) is 5.02. The first-order valence-corrected chi connectivity index (χ1v) is 8.89. The average molecular weight is 341 g/mol. The molecule has 4 rings (SSSR count). The predicted molar refractivity (Wildman–Crippen MR) is 92.7 cm³/mol. The van der Waals surface area contributed by atoms with Crippen LogP contribution >= 0.6 is 0 Å². The number of hydrogen-bond donors (Lipinski definition) is 2. The minimum Gasteiger partial charge on any atom is -0.493 e. The van der Waals surface area contributed by atoms with Crippen LogP contribution in [-0.2, 0) is 19.4 Å². The van der Waals surface area contributed by atoms with Crippen molar-refractivity contribution >= 4 is 6.03 Å². The molecule has 3 heterocycles. The van der Waals surface area contributed by atoms with E-state index in [1.165, 1.54) is 0 Å². The van der Waals surface area contributed by atoms with Gasteiger partial charge in [-0.1, -0.05) is 18.2 Å². The Balaban J connectivity index is 1.26. The number of carbonyl (C=O) groups excluding carboxylic acids is 1. The highest BCUT2D eigenvalue weighted by atomic mass is 16.5. The van der Waals surface area contributed by atoms with Crippen LogP contribution < -0.4 is 15.4 Å². The summed E-state index contributed by atoms with van der Waals surface area (Å²) >= 11 is 0. The minimum atomic E-state index is -0.155. The number of aromatic nitrogens is 3. The fraction of sp³-hybridized carbons (Fsp3) is 0.500. The van der Waals surface area contributed by atoms with Crippen molar-refractivity contribution < 1.29 is 9.53 Å². The van der Waals surface area contributed by atoms with Crippen molar-refractivity contribution in [3.05, 3.63) is 41.5 Å². The van der Waals surface area contributed by atoms with Gasteiger partial charge in [-0.15, -0.1) is 10.2 Å². The maximum absolute atomic E-state index is 12.2. The van der Waals surface area contributed by atoms with Crippen LogP contribution in [0.3, 0.4) is 0 Å². The van der Waals surface area contributed by atoms with Gasteiger partial charge in [-0.25, -0.2) is 4.79 Å². The molecule has 2 atom stereocenters. The Kier molecular flexibility index (Phi) is 4.29. The van der Waals surface area contributed by atoms with E-state index in [4.69, 9.17) is 4.74 Å². The summed E-state index contributed by atoms with van der Waals surface area (Å²) in [4.78, 5) is 12.2. The van der Waals surface area contributed by atoms with E-state index in [0.29, 0.717) is 19.6 Å². The summed E-state index contributed by atoms with van der Waals surface area (Å²) in [6, 6.07) is 7.85. The van der Waals surface area contributed by atoms with Crippen LogP contribution in [0.25, 0.3) is 0 Å². The first-order valence-electron chi connectivity index (χ1n) is 8.89. The third kappa shape index (κ3) is 3.18. The number of nitrogens with zero attached hydrogens (tertiary/aromatic N) is 3. The maximum Gasteiger partial charge on any atom is 0.315 e. The maximum atomic E-state index is 12.2. The largest absolute Gasteiger partial charge is 0.493 e. The summed E-state index contributed by atoms with van der Waals surface area (Å²) < 4.78 is 7.86. The number of rotatable bonds is 5. The highest BCUT2D eigenvalue weighted by Crippen LogP contribution is 2.35. The first kappa shape index (κ1) is 15.9. The number of urea groups is 1. The van der Waals surface area contributed by atoms with Crippen molar-refractivity contribution in [3.63, 3.8) is 0 Å². The molecule has 1 aromatic carbocycles. The number of ether oxygens (including phenoxy) is 1. The second-order valence-electron chi connectivity index (χ2n) is 6.68. The number of benzene rings is 1. The fourth-order valence-corrected chi connectivity index (χ4v) is 3.64. The normalized spacial score (nSPS) is 19.0. The standard InChI is InChI=1S/C18H23N5O2/c1-12(14-11-25-15-6-3-2-5-13(14)15)20-18(24)19-9-8-17-22-21-16-7-4-10-23(16)17/h2-3,5-6,12,14H,4,7-11H2,1H3,(H2,19,20,24)/t12-,14+/m0/s1. The van der Waals surface area contributed by atoms with Gasteiger partial charge in [0.05, 0.1) is 6.61 Å². The highest BCUT2D eigenvalue weighted by molar-refractivity contribution is 5.74. The molecule has 7 heteroatoms. The Morgan fingerprint density at radius 3 is 3.20 bits per heavy atom. The van der Waals surface area contributed by atoms with Gasteiger partial charge in [0, 0.05) is 43.5 Å². The van der Waals surface area contributed by atoms with E-state index in [9.17, 15) is 4.79 Å².